The van der Waals surface area contributed by atoms with Crippen LogP contribution in [0.4, 0.5) is 5.82 Å². The molecule has 0 bridgehead atoms. The number of hydrogen-bond donors (Lipinski definition) is 1. The number of halogens is 1. The van der Waals surface area contributed by atoms with Crippen molar-refractivity contribution in [1.82, 2.24) is 4.98 Å². The third-order valence-corrected chi connectivity index (χ3v) is 6.01. The van der Waals surface area contributed by atoms with Crippen molar-refractivity contribution in [3.8, 4) is 0 Å². The summed E-state index contributed by atoms with van der Waals surface area (Å²) in [4.78, 5) is 4.20. The summed E-state index contributed by atoms with van der Waals surface area (Å²) in [6.07, 6.45) is 1.51. The second-order valence-electron chi connectivity index (χ2n) is 6.00. The Hall–Kier alpha value is -2.81. The van der Waals surface area contributed by atoms with E-state index < -0.39 is 7.29 Å². The monoisotopic (exact) mass is 394 g/mol. The first kappa shape index (κ1) is 17.6. The molecule has 4 nitrogen and oxygen atoms in total. The highest BCUT2D eigenvalue weighted by atomic mass is 35.5. The molecule has 3 aromatic rings. The smallest absolute Gasteiger partial charge is 0.221 e. The van der Waals surface area contributed by atoms with Gasteiger partial charge in [-0.1, -0.05) is 72.3 Å². The van der Waals surface area contributed by atoms with Gasteiger partial charge in [0, 0.05) is 29.0 Å². The number of nitrogens with one attached hydrogen (secondary N) is 1. The lowest BCUT2D eigenvalue weighted by Crippen LogP contribution is -2.03. The number of nitrogens with zero attached hydrogens (tertiary/aromatic N) is 1. The van der Waals surface area contributed by atoms with Gasteiger partial charge in [-0.05, 0) is 12.1 Å². The molecule has 1 N–H and O–H groups in total. The maximum atomic E-state index is 13.6. The van der Waals surface area contributed by atoms with Crippen LogP contribution >= 0.6 is 18.9 Å². The van der Waals surface area contributed by atoms with Gasteiger partial charge < -0.3 is 9.82 Å². The maximum Gasteiger partial charge on any atom is 0.221 e. The van der Waals surface area contributed by atoms with Crippen LogP contribution < -0.4 is 5.09 Å². The van der Waals surface area contributed by atoms with E-state index in [1.54, 1.807) is 23.8 Å². The zero-order valence-electron chi connectivity index (χ0n) is 14.2. The molecule has 0 atom stereocenters. The maximum absolute atomic E-state index is 13.6. The first-order valence-electron chi connectivity index (χ1n) is 8.35. The number of benzene rings is 2. The van der Waals surface area contributed by atoms with Crippen LogP contribution in [-0.4, -0.2) is 4.98 Å². The predicted octanol–water partition coefficient (Wildman–Crippen LogP) is 6.45. The van der Waals surface area contributed by atoms with Gasteiger partial charge in [0.25, 0.3) is 0 Å². The van der Waals surface area contributed by atoms with Crippen molar-refractivity contribution in [2.75, 3.05) is 5.09 Å². The predicted molar refractivity (Wildman–Crippen MR) is 110 cm³/mol. The number of aromatic nitrogens is 1. The molecule has 27 heavy (non-hydrogen) atoms. The Bertz CT molecular complexity index is 989. The Morgan fingerprint density at radius 1 is 0.815 bits per heavy atom. The van der Waals surface area contributed by atoms with Gasteiger partial charge in [0.1, 0.15) is 17.3 Å². The summed E-state index contributed by atoms with van der Waals surface area (Å²) in [6, 6.07) is 22.6. The van der Waals surface area contributed by atoms with Crippen LogP contribution in [0.25, 0.3) is 11.5 Å². The van der Waals surface area contributed by atoms with Gasteiger partial charge in [-0.15, -0.1) is 0 Å². The highest BCUT2D eigenvalue weighted by molar-refractivity contribution is 7.72. The molecule has 0 radical (unpaired) electrons. The van der Waals surface area contributed by atoms with Crippen molar-refractivity contribution in [3.63, 3.8) is 0 Å². The second kappa shape index (κ2) is 7.43. The van der Waals surface area contributed by atoms with Crippen LogP contribution in [0.1, 0.15) is 11.1 Å². The normalized spacial score (nSPS) is 15.3. The van der Waals surface area contributed by atoms with Crippen LogP contribution in [0.2, 0.25) is 5.02 Å². The van der Waals surface area contributed by atoms with Crippen LogP contribution in [0.5, 0.6) is 0 Å². The van der Waals surface area contributed by atoms with Gasteiger partial charge >= 0.3 is 0 Å². The Balaban J connectivity index is 1.76. The third kappa shape index (κ3) is 4.13. The summed E-state index contributed by atoms with van der Waals surface area (Å²) in [6.45, 7) is 0. The molecule has 2 aromatic carbocycles. The minimum atomic E-state index is -3.10. The highest BCUT2D eigenvalue weighted by Gasteiger charge is 2.27. The largest absolute Gasteiger partial charge is 0.456 e. The topological polar surface area (TPSA) is 51.2 Å². The average Bonchev–Trinajstić information content (AvgIpc) is 2.70. The fourth-order valence-electron chi connectivity index (χ4n) is 2.71. The van der Waals surface area contributed by atoms with E-state index in [1.165, 1.54) is 6.20 Å². The molecule has 0 unspecified atom stereocenters. The van der Waals surface area contributed by atoms with E-state index in [9.17, 15) is 4.57 Å². The SMILES string of the molecule is O=P1(Nc2ccc(Cl)cn2)C=C(c2ccccc2)OC(c2ccccc2)=C1. The van der Waals surface area contributed by atoms with Gasteiger partial charge in [0.2, 0.25) is 7.29 Å². The number of hydrogen-bond acceptors (Lipinski definition) is 3. The summed E-state index contributed by atoms with van der Waals surface area (Å²) in [5.74, 6) is 4.83. The molecule has 0 spiro atoms. The summed E-state index contributed by atoms with van der Waals surface area (Å²) >= 11 is 5.89. The minimum absolute atomic E-state index is 0.483. The number of pyridine rings is 1. The van der Waals surface area contributed by atoms with E-state index >= 15 is 0 Å². The lowest BCUT2D eigenvalue weighted by molar-refractivity contribution is 0.469. The quantitative estimate of drug-likeness (QED) is 0.516. The van der Waals surface area contributed by atoms with Gasteiger partial charge in [-0.3, -0.25) is 4.57 Å². The standard InChI is InChI=1S/C21H16ClN2O2P/c22-18-11-12-21(23-13-18)24-27(25)14-19(16-7-3-1-4-8-16)26-20(15-27)17-9-5-2-6-10-17/h1-15H,(H,23,24,25). The molecule has 1 aromatic heterocycles. The van der Waals surface area contributed by atoms with Crippen molar-refractivity contribution in [2.45, 2.75) is 0 Å². The van der Waals surface area contributed by atoms with E-state index in [2.05, 4.69) is 10.1 Å². The van der Waals surface area contributed by atoms with E-state index in [0.29, 0.717) is 22.4 Å². The molecule has 134 valence electrons. The van der Waals surface area contributed by atoms with Gasteiger partial charge in [-0.2, -0.15) is 0 Å². The highest BCUT2D eigenvalue weighted by Crippen LogP contribution is 2.55. The van der Waals surface area contributed by atoms with Crippen LogP contribution in [0, 0.1) is 0 Å². The van der Waals surface area contributed by atoms with Crippen molar-refractivity contribution < 1.29 is 9.30 Å². The van der Waals surface area contributed by atoms with E-state index in [1.807, 2.05) is 60.7 Å². The van der Waals surface area contributed by atoms with E-state index in [4.69, 9.17) is 16.3 Å². The molecule has 2 heterocycles. The number of ether oxygens (including phenoxy) is 1. The van der Waals surface area contributed by atoms with Crippen molar-refractivity contribution in [2.24, 2.45) is 0 Å². The zero-order valence-corrected chi connectivity index (χ0v) is 15.9. The molecule has 4 rings (SSSR count). The van der Waals surface area contributed by atoms with E-state index in [0.717, 1.165) is 11.1 Å². The van der Waals surface area contributed by atoms with Crippen molar-refractivity contribution >= 4 is 36.2 Å². The van der Waals surface area contributed by atoms with Crippen molar-refractivity contribution in [1.29, 1.82) is 0 Å². The van der Waals surface area contributed by atoms with Crippen molar-refractivity contribution in [3.05, 3.63) is 107 Å². The lowest BCUT2D eigenvalue weighted by Gasteiger charge is -2.23. The first-order chi connectivity index (χ1) is 13.1. The van der Waals surface area contributed by atoms with Gasteiger partial charge in [-0.25, -0.2) is 4.98 Å². The summed E-state index contributed by atoms with van der Waals surface area (Å²) < 4.78 is 19.7. The van der Waals surface area contributed by atoms with Gasteiger partial charge in [0.15, 0.2) is 0 Å². The Kier molecular flexibility index (Phi) is 4.85. The lowest BCUT2D eigenvalue weighted by atomic mass is 10.2. The molecular weight excluding hydrogens is 379 g/mol. The first-order valence-corrected chi connectivity index (χ1v) is 10.6. The summed E-state index contributed by atoms with van der Waals surface area (Å²) in [5, 5.41) is 3.56. The summed E-state index contributed by atoms with van der Waals surface area (Å²) in [5.41, 5.74) is 1.70. The van der Waals surface area contributed by atoms with E-state index in [-0.39, 0.29) is 0 Å². The third-order valence-electron chi connectivity index (χ3n) is 3.97. The Labute approximate surface area is 162 Å². The fourth-order valence-corrected chi connectivity index (χ4v) is 4.62. The number of rotatable bonds is 4. The Morgan fingerprint density at radius 2 is 1.37 bits per heavy atom. The number of anilines is 1. The molecule has 1 aliphatic rings. The van der Waals surface area contributed by atoms with Gasteiger partial charge in [0.05, 0.1) is 5.02 Å². The molecule has 0 saturated heterocycles. The molecule has 6 heteroatoms. The minimum Gasteiger partial charge on any atom is -0.456 e. The fraction of sp³-hybridized carbons (Fsp3) is 0. The molecule has 0 fully saturated rings. The second-order valence-corrected chi connectivity index (χ2v) is 8.60. The average molecular weight is 395 g/mol. The molecule has 1 aliphatic heterocycles. The zero-order chi connectivity index (χ0) is 18.7. The summed E-state index contributed by atoms with van der Waals surface area (Å²) in [7, 11) is -3.10. The molecule has 0 saturated carbocycles. The van der Waals surface area contributed by atoms with Crippen LogP contribution in [-0.2, 0) is 9.30 Å². The van der Waals surface area contributed by atoms with Crippen LogP contribution in [0.15, 0.2) is 90.6 Å². The Morgan fingerprint density at radius 3 is 1.85 bits per heavy atom. The molecule has 0 amide bonds. The molecule has 0 aliphatic carbocycles. The molecular formula is C21H16ClN2O2P. The van der Waals surface area contributed by atoms with Crippen LogP contribution in [0.3, 0.4) is 0 Å².